The van der Waals surface area contributed by atoms with Gasteiger partial charge in [-0.15, -0.1) is 0 Å². The van der Waals surface area contributed by atoms with Crippen LogP contribution in [0.3, 0.4) is 0 Å². The Bertz CT molecular complexity index is 598. The van der Waals surface area contributed by atoms with Crippen LogP contribution in [-0.2, 0) is 19.1 Å². The first-order valence-electron chi connectivity index (χ1n) is 9.07. The number of benzene rings is 1. The van der Waals surface area contributed by atoms with Crippen molar-refractivity contribution in [3.8, 4) is 0 Å². The molecule has 0 bridgehead atoms. The largest absolute Gasteiger partial charge is 0.462 e. The van der Waals surface area contributed by atoms with E-state index >= 15 is 0 Å². The normalized spacial score (nSPS) is 14.5. The average molecular weight is 345 g/mol. The number of rotatable bonds is 7. The maximum atomic E-state index is 12.0. The highest BCUT2D eigenvalue weighted by atomic mass is 16.6. The van der Waals surface area contributed by atoms with Crippen molar-refractivity contribution in [1.29, 1.82) is 0 Å². The zero-order valence-electron chi connectivity index (χ0n) is 15.0. The summed E-state index contributed by atoms with van der Waals surface area (Å²) in [5.41, 5.74) is 2.02. The Morgan fingerprint density at radius 2 is 1.64 bits per heavy atom. The molecule has 0 radical (unpaired) electrons. The molecule has 136 valence electrons. The van der Waals surface area contributed by atoms with Crippen molar-refractivity contribution in [1.82, 2.24) is 0 Å². The number of carbonyl (C=O) groups excluding carboxylic acids is 2. The second-order valence-corrected chi connectivity index (χ2v) is 6.07. The van der Waals surface area contributed by atoms with Gasteiger partial charge < -0.3 is 14.8 Å². The minimum absolute atomic E-state index is 0.123. The topological polar surface area (TPSA) is 64.6 Å². The molecule has 1 aliphatic carbocycles. The molecule has 2 rings (SSSR count). The number of hydrogen-bond donors (Lipinski definition) is 1. The van der Waals surface area contributed by atoms with E-state index in [9.17, 15) is 9.59 Å². The average Bonchev–Trinajstić information content (AvgIpc) is 2.63. The van der Waals surface area contributed by atoms with Gasteiger partial charge in [0.2, 0.25) is 0 Å². The van der Waals surface area contributed by atoms with Crippen molar-refractivity contribution in [2.24, 2.45) is 0 Å². The van der Waals surface area contributed by atoms with Gasteiger partial charge in [0.05, 0.1) is 13.2 Å². The first-order valence-corrected chi connectivity index (χ1v) is 9.07. The number of hydrogen-bond acceptors (Lipinski definition) is 5. The molecular weight excluding hydrogens is 318 g/mol. The molecule has 1 aromatic carbocycles. The van der Waals surface area contributed by atoms with Crippen LogP contribution in [0.2, 0.25) is 0 Å². The summed E-state index contributed by atoms with van der Waals surface area (Å²) >= 11 is 0. The van der Waals surface area contributed by atoms with Crippen LogP contribution in [0.25, 0.3) is 0 Å². The summed E-state index contributed by atoms with van der Waals surface area (Å²) in [6.07, 6.45) is 7.52. The van der Waals surface area contributed by atoms with Gasteiger partial charge in [-0.05, 0) is 44.2 Å². The van der Waals surface area contributed by atoms with Crippen LogP contribution in [-0.4, -0.2) is 25.2 Å². The Kier molecular flexibility index (Phi) is 7.51. The van der Waals surface area contributed by atoms with Crippen molar-refractivity contribution >= 4 is 17.6 Å². The van der Waals surface area contributed by atoms with Crippen LogP contribution < -0.4 is 5.32 Å². The van der Waals surface area contributed by atoms with Gasteiger partial charge in [-0.1, -0.05) is 37.5 Å². The van der Waals surface area contributed by atoms with Crippen molar-refractivity contribution in [2.75, 3.05) is 18.5 Å². The summed E-state index contributed by atoms with van der Waals surface area (Å²) in [6, 6.07) is 8.04. The summed E-state index contributed by atoms with van der Waals surface area (Å²) in [6.45, 7) is 3.81. The number of para-hydroxylation sites is 1. The van der Waals surface area contributed by atoms with Crippen LogP contribution in [0.5, 0.6) is 0 Å². The molecule has 5 nitrogen and oxygen atoms in total. The zero-order chi connectivity index (χ0) is 18.1. The molecule has 0 unspecified atom stereocenters. The van der Waals surface area contributed by atoms with Gasteiger partial charge in [0.25, 0.3) is 0 Å². The van der Waals surface area contributed by atoms with E-state index in [1.54, 1.807) is 13.8 Å². The highest BCUT2D eigenvalue weighted by Gasteiger charge is 2.22. The maximum Gasteiger partial charge on any atom is 0.347 e. The van der Waals surface area contributed by atoms with Crippen LogP contribution in [0, 0.1) is 0 Å². The van der Waals surface area contributed by atoms with E-state index in [1.807, 2.05) is 18.2 Å². The third kappa shape index (κ3) is 5.34. The standard InChI is InChI=1S/C20H27NO4/c1-3-24-19(22)17(20(23)25-4-2)14-21-18-13-9-8-12-16(18)15-10-6-5-7-11-15/h8-9,12-15,21H,3-7,10-11H2,1-2H3. The molecule has 5 heteroatoms. The summed E-state index contributed by atoms with van der Waals surface area (Å²) in [5, 5.41) is 3.13. The van der Waals surface area contributed by atoms with Crippen LogP contribution >= 0.6 is 0 Å². The van der Waals surface area contributed by atoms with Crippen molar-refractivity contribution < 1.29 is 19.1 Å². The highest BCUT2D eigenvalue weighted by molar-refractivity contribution is 6.14. The fourth-order valence-corrected chi connectivity index (χ4v) is 3.17. The molecular formula is C20H27NO4. The van der Waals surface area contributed by atoms with E-state index in [-0.39, 0.29) is 18.8 Å². The number of carbonyl (C=O) groups is 2. The van der Waals surface area contributed by atoms with Gasteiger partial charge in [0.15, 0.2) is 5.57 Å². The van der Waals surface area contributed by atoms with Gasteiger partial charge in [0.1, 0.15) is 0 Å². The number of ether oxygens (including phenoxy) is 2. The predicted octanol–water partition coefficient (Wildman–Crippen LogP) is 4.16. The van der Waals surface area contributed by atoms with E-state index in [4.69, 9.17) is 9.47 Å². The predicted molar refractivity (Wildman–Crippen MR) is 97.2 cm³/mol. The fraction of sp³-hybridized carbons (Fsp3) is 0.500. The third-order valence-corrected chi connectivity index (χ3v) is 4.37. The Morgan fingerprint density at radius 3 is 2.24 bits per heavy atom. The molecule has 0 heterocycles. The molecule has 1 N–H and O–H groups in total. The van der Waals surface area contributed by atoms with Crippen LogP contribution in [0.15, 0.2) is 36.0 Å². The first-order chi connectivity index (χ1) is 12.2. The quantitative estimate of drug-likeness (QED) is 0.348. The van der Waals surface area contributed by atoms with Gasteiger partial charge in [-0.2, -0.15) is 0 Å². The molecule has 0 aliphatic heterocycles. The summed E-state index contributed by atoms with van der Waals surface area (Å²) in [5.74, 6) is -0.841. The third-order valence-electron chi connectivity index (χ3n) is 4.37. The van der Waals surface area contributed by atoms with E-state index in [0.717, 1.165) is 5.69 Å². The maximum absolute atomic E-state index is 12.0. The molecule has 25 heavy (non-hydrogen) atoms. The summed E-state index contributed by atoms with van der Waals surface area (Å²) in [4.78, 5) is 24.1. The zero-order valence-corrected chi connectivity index (χ0v) is 15.0. The molecule has 1 aromatic rings. The van der Waals surface area contributed by atoms with Gasteiger partial charge in [0, 0.05) is 11.9 Å². The van der Waals surface area contributed by atoms with Gasteiger partial charge in [-0.25, -0.2) is 9.59 Å². The van der Waals surface area contributed by atoms with Crippen molar-refractivity contribution in [3.05, 3.63) is 41.6 Å². The minimum Gasteiger partial charge on any atom is -0.462 e. The Morgan fingerprint density at radius 1 is 1.04 bits per heavy atom. The monoisotopic (exact) mass is 345 g/mol. The van der Waals surface area contributed by atoms with E-state index in [0.29, 0.717) is 5.92 Å². The van der Waals surface area contributed by atoms with Gasteiger partial charge >= 0.3 is 11.9 Å². The molecule has 0 saturated heterocycles. The van der Waals surface area contributed by atoms with Crippen LogP contribution in [0.4, 0.5) is 5.69 Å². The SMILES string of the molecule is CCOC(=O)C(=CNc1ccccc1C1CCCCC1)C(=O)OCC. The molecule has 0 amide bonds. The Hall–Kier alpha value is -2.30. The Balaban J connectivity index is 2.21. The fourth-order valence-electron chi connectivity index (χ4n) is 3.17. The Labute approximate surface area is 149 Å². The van der Waals surface area contributed by atoms with E-state index in [2.05, 4.69) is 11.4 Å². The molecule has 1 aliphatic rings. The summed E-state index contributed by atoms with van der Waals surface area (Å²) < 4.78 is 9.92. The number of anilines is 1. The lowest BCUT2D eigenvalue weighted by molar-refractivity contribution is -0.146. The molecule has 0 aromatic heterocycles. The molecule has 0 spiro atoms. The van der Waals surface area contributed by atoms with E-state index < -0.39 is 11.9 Å². The van der Waals surface area contributed by atoms with Crippen LogP contribution in [0.1, 0.15) is 57.4 Å². The molecule has 0 atom stereocenters. The molecule has 1 fully saturated rings. The van der Waals surface area contributed by atoms with Crippen molar-refractivity contribution in [2.45, 2.75) is 51.9 Å². The highest BCUT2D eigenvalue weighted by Crippen LogP contribution is 2.36. The second-order valence-electron chi connectivity index (χ2n) is 6.07. The second kappa shape index (κ2) is 9.87. The molecule has 1 saturated carbocycles. The number of nitrogens with one attached hydrogen (secondary N) is 1. The van der Waals surface area contributed by atoms with E-state index in [1.165, 1.54) is 43.9 Å². The lowest BCUT2D eigenvalue weighted by Gasteiger charge is -2.24. The van der Waals surface area contributed by atoms with Crippen molar-refractivity contribution in [3.63, 3.8) is 0 Å². The smallest absolute Gasteiger partial charge is 0.347 e. The summed E-state index contributed by atoms with van der Waals surface area (Å²) in [7, 11) is 0. The lowest BCUT2D eigenvalue weighted by atomic mass is 9.83. The number of esters is 2. The first kappa shape index (κ1) is 19.0. The minimum atomic E-state index is -0.677. The van der Waals surface area contributed by atoms with Gasteiger partial charge in [-0.3, -0.25) is 0 Å². The lowest BCUT2D eigenvalue weighted by Crippen LogP contribution is -2.19.